The minimum absolute atomic E-state index is 0. The Bertz CT molecular complexity index is 668. The highest BCUT2D eigenvalue weighted by Gasteiger charge is 2.25. The van der Waals surface area contributed by atoms with Crippen molar-refractivity contribution in [1.29, 1.82) is 0 Å². The number of nitrogens with one attached hydrogen (secondary N) is 1. The second-order valence-electron chi connectivity index (χ2n) is 5.28. The van der Waals surface area contributed by atoms with E-state index in [9.17, 15) is 4.79 Å². The van der Waals surface area contributed by atoms with Gasteiger partial charge in [0.05, 0.1) is 11.3 Å². The van der Waals surface area contributed by atoms with Gasteiger partial charge in [0.1, 0.15) is 0 Å². The quantitative estimate of drug-likeness (QED) is 0.922. The van der Waals surface area contributed by atoms with Crippen molar-refractivity contribution in [2.24, 2.45) is 7.05 Å². The number of para-hydroxylation sites is 1. The van der Waals surface area contributed by atoms with Gasteiger partial charge in [0.15, 0.2) is 0 Å². The fourth-order valence-corrected chi connectivity index (χ4v) is 2.79. The van der Waals surface area contributed by atoms with Crippen molar-refractivity contribution in [3.63, 3.8) is 0 Å². The van der Waals surface area contributed by atoms with Gasteiger partial charge in [0.2, 0.25) is 0 Å². The molecule has 0 unspecified atom stereocenters. The lowest BCUT2D eigenvalue weighted by Crippen LogP contribution is -2.35. The van der Waals surface area contributed by atoms with Gasteiger partial charge in [0, 0.05) is 38.6 Å². The van der Waals surface area contributed by atoms with E-state index in [-0.39, 0.29) is 18.3 Å². The van der Waals surface area contributed by atoms with Crippen molar-refractivity contribution >= 4 is 24.0 Å². The lowest BCUT2D eigenvalue weighted by Gasteiger charge is -2.22. The lowest BCUT2D eigenvalue weighted by atomic mass is 10.1. The molecule has 0 spiro atoms. The first-order valence-corrected chi connectivity index (χ1v) is 7.33. The first kappa shape index (κ1) is 16.5. The fraction of sp³-hybridized carbons (Fsp3) is 0.375. The molecule has 0 fully saturated rings. The van der Waals surface area contributed by atoms with Crippen LogP contribution in [0.4, 0.5) is 5.69 Å². The van der Waals surface area contributed by atoms with Crippen molar-refractivity contribution in [3.05, 3.63) is 47.3 Å². The Hall–Kier alpha value is -1.85. The summed E-state index contributed by atoms with van der Waals surface area (Å²) >= 11 is 0. The highest BCUT2D eigenvalue weighted by molar-refractivity contribution is 6.07. The van der Waals surface area contributed by atoms with Crippen LogP contribution in [-0.4, -0.2) is 28.8 Å². The molecule has 5 nitrogen and oxygen atoms in total. The summed E-state index contributed by atoms with van der Waals surface area (Å²) in [5, 5.41) is 7.74. The Morgan fingerprint density at radius 2 is 2.14 bits per heavy atom. The maximum Gasteiger partial charge on any atom is 0.261 e. The van der Waals surface area contributed by atoms with E-state index in [1.165, 1.54) is 0 Å². The third-order valence-electron chi connectivity index (χ3n) is 3.83. The molecule has 0 saturated carbocycles. The Morgan fingerprint density at radius 3 is 2.91 bits per heavy atom. The van der Waals surface area contributed by atoms with Crippen LogP contribution in [-0.2, 0) is 20.0 Å². The monoisotopic (exact) mass is 320 g/mol. The maximum absolute atomic E-state index is 13.0. The molecule has 1 amide bonds. The molecule has 0 aliphatic carbocycles. The van der Waals surface area contributed by atoms with E-state index in [0.717, 1.165) is 36.5 Å². The molecule has 0 saturated heterocycles. The van der Waals surface area contributed by atoms with Crippen LogP contribution in [0, 0.1) is 0 Å². The molecule has 118 valence electrons. The zero-order valence-electron chi connectivity index (χ0n) is 12.9. The Morgan fingerprint density at radius 1 is 1.36 bits per heavy atom. The molecule has 1 aliphatic heterocycles. The van der Waals surface area contributed by atoms with E-state index in [2.05, 4.69) is 16.5 Å². The number of benzene rings is 1. The van der Waals surface area contributed by atoms with Gasteiger partial charge in [-0.05, 0) is 18.1 Å². The Balaban J connectivity index is 0.00000176. The van der Waals surface area contributed by atoms with E-state index in [1.807, 2.05) is 43.3 Å². The van der Waals surface area contributed by atoms with E-state index in [4.69, 9.17) is 0 Å². The number of fused-ring (bicyclic) bond motifs is 1. The van der Waals surface area contributed by atoms with Crippen LogP contribution in [0.25, 0.3) is 0 Å². The number of carbonyl (C=O) groups is 1. The number of hydrogen-bond donors (Lipinski definition) is 1. The molecule has 1 aromatic heterocycles. The number of halogens is 1. The topological polar surface area (TPSA) is 50.2 Å². The summed E-state index contributed by atoms with van der Waals surface area (Å²) < 4.78 is 1.72. The standard InChI is InChI=1S/C16H20N4O.ClH/c1-3-14-13(11-19(2)18-14)16(21)20-9-8-17-10-12-6-4-5-7-15(12)20;/h4-7,11,17H,3,8-10H2,1-2H3;1H. The number of hydrogen-bond acceptors (Lipinski definition) is 3. The molecule has 0 bridgehead atoms. The van der Waals surface area contributed by atoms with Crippen LogP contribution >= 0.6 is 12.4 Å². The van der Waals surface area contributed by atoms with Crippen LogP contribution < -0.4 is 10.2 Å². The molecule has 2 heterocycles. The predicted octanol–water partition coefficient (Wildman–Crippen LogP) is 2.15. The Kier molecular flexibility index (Phi) is 5.21. The summed E-state index contributed by atoms with van der Waals surface area (Å²) in [7, 11) is 1.86. The van der Waals surface area contributed by atoms with E-state index < -0.39 is 0 Å². The van der Waals surface area contributed by atoms with Crippen molar-refractivity contribution in [3.8, 4) is 0 Å². The molecule has 6 heteroatoms. The largest absolute Gasteiger partial charge is 0.311 e. The van der Waals surface area contributed by atoms with Gasteiger partial charge >= 0.3 is 0 Å². The summed E-state index contributed by atoms with van der Waals surface area (Å²) in [5.41, 5.74) is 3.72. The van der Waals surface area contributed by atoms with Gasteiger partial charge in [-0.15, -0.1) is 12.4 Å². The summed E-state index contributed by atoms with van der Waals surface area (Å²) in [4.78, 5) is 14.8. The number of nitrogens with zero attached hydrogens (tertiary/aromatic N) is 3. The molecule has 2 aromatic rings. The van der Waals surface area contributed by atoms with Crippen molar-refractivity contribution in [2.45, 2.75) is 19.9 Å². The average Bonchev–Trinajstić information content (AvgIpc) is 2.75. The summed E-state index contributed by atoms with van der Waals surface area (Å²) in [5.74, 6) is 0.0381. The van der Waals surface area contributed by atoms with Crippen LogP contribution in [0.2, 0.25) is 0 Å². The number of aryl methyl sites for hydroxylation is 2. The maximum atomic E-state index is 13.0. The molecule has 1 aromatic carbocycles. The second-order valence-corrected chi connectivity index (χ2v) is 5.28. The summed E-state index contributed by atoms with van der Waals surface area (Å²) in [6.07, 6.45) is 2.58. The second kappa shape index (κ2) is 6.94. The number of rotatable bonds is 2. The molecule has 1 N–H and O–H groups in total. The molecular weight excluding hydrogens is 300 g/mol. The van der Waals surface area contributed by atoms with Gasteiger partial charge in [-0.1, -0.05) is 25.1 Å². The number of aromatic nitrogens is 2. The van der Waals surface area contributed by atoms with Crippen LogP contribution in [0.1, 0.15) is 28.5 Å². The van der Waals surface area contributed by atoms with Crippen LogP contribution in [0.3, 0.4) is 0 Å². The minimum atomic E-state index is 0. The molecule has 0 radical (unpaired) electrons. The molecule has 22 heavy (non-hydrogen) atoms. The highest BCUT2D eigenvalue weighted by Crippen LogP contribution is 2.24. The SMILES string of the molecule is CCc1nn(C)cc1C(=O)N1CCNCc2ccccc21.Cl. The van der Waals surface area contributed by atoms with Crippen LogP contribution in [0.15, 0.2) is 30.5 Å². The van der Waals surface area contributed by atoms with Gasteiger partial charge < -0.3 is 10.2 Å². The van der Waals surface area contributed by atoms with E-state index in [0.29, 0.717) is 12.1 Å². The number of amides is 1. The molecule has 1 aliphatic rings. The minimum Gasteiger partial charge on any atom is -0.311 e. The van der Waals surface area contributed by atoms with E-state index >= 15 is 0 Å². The normalized spacial score (nSPS) is 14.0. The number of anilines is 1. The van der Waals surface area contributed by atoms with Crippen molar-refractivity contribution in [2.75, 3.05) is 18.0 Å². The molecule has 3 rings (SSSR count). The zero-order valence-corrected chi connectivity index (χ0v) is 13.7. The zero-order chi connectivity index (χ0) is 14.8. The van der Waals surface area contributed by atoms with Crippen molar-refractivity contribution in [1.82, 2.24) is 15.1 Å². The molecular formula is C16H21ClN4O. The first-order chi connectivity index (χ1) is 10.2. The third-order valence-corrected chi connectivity index (χ3v) is 3.83. The van der Waals surface area contributed by atoms with Gasteiger partial charge in [-0.3, -0.25) is 9.48 Å². The summed E-state index contributed by atoms with van der Waals surface area (Å²) in [6, 6.07) is 8.07. The smallest absolute Gasteiger partial charge is 0.261 e. The van der Waals surface area contributed by atoms with Crippen LogP contribution in [0.5, 0.6) is 0 Å². The average molecular weight is 321 g/mol. The molecule has 0 atom stereocenters. The van der Waals surface area contributed by atoms with Gasteiger partial charge in [-0.2, -0.15) is 5.10 Å². The van der Waals surface area contributed by atoms with Gasteiger partial charge in [-0.25, -0.2) is 0 Å². The summed E-state index contributed by atoms with van der Waals surface area (Å²) in [6.45, 7) is 4.29. The predicted molar refractivity (Wildman–Crippen MR) is 89.7 cm³/mol. The third kappa shape index (κ3) is 3.00. The van der Waals surface area contributed by atoms with Crippen molar-refractivity contribution < 1.29 is 4.79 Å². The van der Waals surface area contributed by atoms with Gasteiger partial charge in [0.25, 0.3) is 5.91 Å². The Labute approximate surface area is 136 Å². The first-order valence-electron chi connectivity index (χ1n) is 7.33. The fourth-order valence-electron chi connectivity index (χ4n) is 2.79. The highest BCUT2D eigenvalue weighted by atomic mass is 35.5. The lowest BCUT2D eigenvalue weighted by molar-refractivity contribution is 0.0986. The van der Waals surface area contributed by atoms with E-state index in [1.54, 1.807) is 4.68 Å². The number of carbonyl (C=O) groups excluding carboxylic acids is 1.